The molecule has 2 aromatic heterocycles. The minimum Gasteiger partial charge on any atom is -0.481 e. The molecule has 2 aliphatic rings. The van der Waals surface area contributed by atoms with Gasteiger partial charge in [-0.3, -0.25) is 18.9 Å². The monoisotopic (exact) mass is 305 g/mol. The molecule has 7 heteroatoms. The zero-order valence-electron chi connectivity index (χ0n) is 11.3. The van der Waals surface area contributed by atoms with Gasteiger partial charge in [0.15, 0.2) is 4.96 Å². The van der Waals surface area contributed by atoms with E-state index in [0.29, 0.717) is 17.5 Å². The van der Waals surface area contributed by atoms with Gasteiger partial charge in [-0.15, -0.1) is 11.3 Å². The Bertz CT molecular complexity index is 768. The quantitative estimate of drug-likeness (QED) is 0.922. The molecule has 2 fully saturated rings. The summed E-state index contributed by atoms with van der Waals surface area (Å²) in [5.74, 6) is -0.968. The molecular weight excluding hydrogens is 290 g/mol. The van der Waals surface area contributed by atoms with E-state index in [9.17, 15) is 14.7 Å². The van der Waals surface area contributed by atoms with Crippen LogP contribution in [0.1, 0.15) is 25.0 Å². The zero-order chi connectivity index (χ0) is 14.6. The molecule has 0 amide bonds. The second kappa shape index (κ2) is 4.64. The van der Waals surface area contributed by atoms with Crippen molar-refractivity contribution in [3.63, 3.8) is 0 Å². The molecule has 0 aromatic carbocycles. The Labute approximate surface area is 124 Å². The number of hydrogen-bond donors (Lipinski definition) is 1. The van der Waals surface area contributed by atoms with Crippen LogP contribution >= 0.6 is 11.3 Å². The molecule has 3 atom stereocenters. The van der Waals surface area contributed by atoms with E-state index in [1.165, 1.54) is 15.7 Å². The molecule has 2 aliphatic heterocycles. The highest BCUT2D eigenvalue weighted by molar-refractivity contribution is 7.15. The third-order valence-corrected chi connectivity index (χ3v) is 5.46. The van der Waals surface area contributed by atoms with Gasteiger partial charge < -0.3 is 5.11 Å². The van der Waals surface area contributed by atoms with Crippen LogP contribution in [0.3, 0.4) is 0 Å². The summed E-state index contributed by atoms with van der Waals surface area (Å²) >= 11 is 1.44. The van der Waals surface area contributed by atoms with Gasteiger partial charge in [-0.05, 0) is 19.3 Å². The van der Waals surface area contributed by atoms with E-state index >= 15 is 0 Å². The molecule has 21 heavy (non-hydrogen) atoms. The van der Waals surface area contributed by atoms with Gasteiger partial charge in [0, 0.05) is 36.3 Å². The maximum absolute atomic E-state index is 12.0. The predicted octanol–water partition coefficient (Wildman–Crippen LogP) is 1.19. The van der Waals surface area contributed by atoms with Crippen molar-refractivity contribution in [2.45, 2.75) is 37.9 Å². The Morgan fingerprint density at radius 3 is 3.10 bits per heavy atom. The molecule has 0 radical (unpaired) electrons. The molecule has 4 heterocycles. The van der Waals surface area contributed by atoms with Crippen LogP contribution in [0.2, 0.25) is 0 Å². The van der Waals surface area contributed by atoms with E-state index in [2.05, 4.69) is 9.88 Å². The second-order valence-corrected chi connectivity index (χ2v) is 6.67. The molecular formula is C14H15N3O3S. The summed E-state index contributed by atoms with van der Waals surface area (Å²) in [6, 6.07) is 1.98. The number of carboxylic acid groups (broad SMARTS) is 1. The average Bonchev–Trinajstić information content (AvgIpc) is 3.14. The van der Waals surface area contributed by atoms with Gasteiger partial charge in [-0.25, -0.2) is 4.98 Å². The number of nitrogens with zero attached hydrogens (tertiary/aromatic N) is 3. The lowest BCUT2D eigenvalue weighted by molar-refractivity contribution is -0.142. The third-order valence-electron chi connectivity index (χ3n) is 4.70. The number of carbonyl (C=O) groups is 1. The van der Waals surface area contributed by atoms with Crippen molar-refractivity contribution in [2.24, 2.45) is 5.92 Å². The highest BCUT2D eigenvalue weighted by atomic mass is 32.1. The molecule has 3 unspecified atom stereocenters. The Morgan fingerprint density at radius 2 is 2.33 bits per heavy atom. The van der Waals surface area contributed by atoms with E-state index in [4.69, 9.17) is 0 Å². The summed E-state index contributed by atoms with van der Waals surface area (Å²) in [6.07, 6.45) is 4.43. The van der Waals surface area contributed by atoms with Crippen molar-refractivity contribution in [2.75, 3.05) is 0 Å². The van der Waals surface area contributed by atoms with Crippen LogP contribution in [-0.4, -0.2) is 37.4 Å². The number of fused-ring (bicyclic) bond motifs is 3. The van der Waals surface area contributed by atoms with Gasteiger partial charge >= 0.3 is 5.97 Å². The van der Waals surface area contributed by atoms with E-state index in [-0.39, 0.29) is 17.5 Å². The van der Waals surface area contributed by atoms with Crippen LogP contribution in [0.4, 0.5) is 0 Å². The first kappa shape index (κ1) is 13.0. The van der Waals surface area contributed by atoms with Gasteiger partial charge in [0.1, 0.15) is 0 Å². The van der Waals surface area contributed by atoms with Crippen LogP contribution in [0.5, 0.6) is 0 Å². The van der Waals surface area contributed by atoms with Crippen molar-refractivity contribution in [3.05, 3.63) is 33.7 Å². The fourth-order valence-corrected chi connectivity index (χ4v) is 4.51. The molecule has 2 aromatic rings. The summed E-state index contributed by atoms with van der Waals surface area (Å²) < 4.78 is 1.53. The first-order valence-electron chi connectivity index (χ1n) is 7.08. The molecule has 110 valence electrons. The zero-order valence-corrected chi connectivity index (χ0v) is 12.1. The van der Waals surface area contributed by atoms with Crippen LogP contribution < -0.4 is 5.56 Å². The Kier molecular flexibility index (Phi) is 2.87. The lowest BCUT2D eigenvalue weighted by atomic mass is 9.89. The first-order valence-corrected chi connectivity index (χ1v) is 7.96. The molecule has 6 nitrogen and oxygen atoms in total. The molecule has 1 N–H and O–H groups in total. The number of aliphatic carboxylic acids is 1. The van der Waals surface area contributed by atoms with E-state index in [1.807, 2.05) is 5.38 Å². The summed E-state index contributed by atoms with van der Waals surface area (Å²) in [4.78, 5) is 30.7. The SMILES string of the molecule is O=C(O)C1CC2CCC1N2Cc1cc(=O)n2ccsc2n1. The standard InChI is InChI=1S/C14H15N3O3S/c18-12-5-8(15-14-16(12)3-4-21-14)7-17-9-1-2-11(17)10(6-9)13(19)20/h3-5,9-11H,1-2,6-7H2,(H,19,20). The number of carboxylic acids is 1. The maximum atomic E-state index is 12.0. The largest absolute Gasteiger partial charge is 0.481 e. The van der Waals surface area contributed by atoms with Crippen LogP contribution in [0, 0.1) is 5.92 Å². The summed E-state index contributed by atoms with van der Waals surface area (Å²) in [6.45, 7) is 0.572. The normalized spacial score (nSPS) is 28.5. The fourth-order valence-electron chi connectivity index (χ4n) is 3.77. The fraction of sp³-hybridized carbons (Fsp3) is 0.500. The Hall–Kier alpha value is -1.73. The van der Waals surface area contributed by atoms with E-state index in [0.717, 1.165) is 25.0 Å². The molecule has 0 aliphatic carbocycles. The number of thiazole rings is 1. The van der Waals surface area contributed by atoms with Crippen LogP contribution in [0.15, 0.2) is 22.4 Å². The molecule has 2 bridgehead atoms. The number of aromatic nitrogens is 2. The Balaban J connectivity index is 1.63. The van der Waals surface area contributed by atoms with Gasteiger partial charge in [-0.2, -0.15) is 0 Å². The smallest absolute Gasteiger partial charge is 0.308 e. The van der Waals surface area contributed by atoms with Crippen LogP contribution in [-0.2, 0) is 11.3 Å². The molecule has 2 saturated heterocycles. The van der Waals surface area contributed by atoms with Crippen LogP contribution in [0.25, 0.3) is 4.96 Å². The molecule has 0 spiro atoms. The topological polar surface area (TPSA) is 74.9 Å². The number of hydrogen-bond acceptors (Lipinski definition) is 5. The lowest BCUT2D eigenvalue weighted by Crippen LogP contribution is -2.33. The van der Waals surface area contributed by atoms with Gasteiger partial charge in [0.2, 0.25) is 0 Å². The number of rotatable bonds is 3. The first-order chi connectivity index (χ1) is 10.1. The van der Waals surface area contributed by atoms with E-state index < -0.39 is 5.97 Å². The van der Waals surface area contributed by atoms with Crippen molar-refractivity contribution >= 4 is 22.3 Å². The highest BCUT2D eigenvalue weighted by Gasteiger charge is 2.49. The molecule has 4 rings (SSSR count). The second-order valence-electron chi connectivity index (χ2n) is 5.79. The van der Waals surface area contributed by atoms with Gasteiger partial charge in [0.05, 0.1) is 11.6 Å². The van der Waals surface area contributed by atoms with E-state index in [1.54, 1.807) is 12.3 Å². The summed E-state index contributed by atoms with van der Waals surface area (Å²) in [5.41, 5.74) is 0.669. The summed E-state index contributed by atoms with van der Waals surface area (Å²) in [7, 11) is 0. The van der Waals surface area contributed by atoms with Crippen molar-refractivity contribution in [1.82, 2.24) is 14.3 Å². The van der Waals surface area contributed by atoms with Crippen molar-refractivity contribution in [1.29, 1.82) is 0 Å². The predicted molar refractivity (Wildman–Crippen MR) is 77.4 cm³/mol. The molecule has 0 saturated carbocycles. The van der Waals surface area contributed by atoms with Crippen molar-refractivity contribution in [3.8, 4) is 0 Å². The average molecular weight is 305 g/mol. The van der Waals surface area contributed by atoms with Gasteiger partial charge in [-0.1, -0.05) is 0 Å². The highest BCUT2D eigenvalue weighted by Crippen LogP contribution is 2.42. The minimum atomic E-state index is -0.700. The maximum Gasteiger partial charge on any atom is 0.308 e. The van der Waals surface area contributed by atoms with Crippen molar-refractivity contribution < 1.29 is 9.90 Å². The Morgan fingerprint density at radius 1 is 1.48 bits per heavy atom. The van der Waals surface area contributed by atoms with Gasteiger partial charge in [0.25, 0.3) is 5.56 Å². The summed E-state index contributed by atoms with van der Waals surface area (Å²) in [5, 5.41) is 11.1. The third kappa shape index (κ3) is 1.99. The minimum absolute atomic E-state index is 0.0717. The lowest BCUT2D eigenvalue weighted by Gasteiger charge is -2.22.